The molecule has 0 fully saturated rings. The fourth-order valence-corrected chi connectivity index (χ4v) is 2.25. The molecule has 22 heavy (non-hydrogen) atoms. The van der Waals surface area contributed by atoms with Crippen LogP contribution in [0, 0.1) is 0 Å². The fraction of sp³-hybridized carbons (Fsp3) is 0.231. The topological polar surface area (TPSA) is 124 Å². The largest absolute Gasteiger partial charge is 0.391 e. The first-order valence-corrected chi connectivity index (χ1v) is 7.17. The summed E-state index contributed by atoms with van der Waals surface area (Å²) in [6.07, 6.45) is -1.16. The number of carbonyl (C=O) groups excluding carboxylic acids is 2. The molecule has 0 aliphatic carbocycles. The number of aromatic nitrogens is 2. The van der Waals surface area contributed by atoms with Crippen molar-refractivity contribution in [2.75, 3.05) is 0 Å². The highest BCUT2D eigenvalue weighted by Crippen LogP contribution is 2.18. The van der Waals surface area contributed by atoms with Gasteiger partial charge in [0.25, 0.3) is 11.8 Å². The van der Waals surface area contributed by atoms with Crippen molar-refractivity contribution in [3.8, 4) is 11.3 Å². The molecule has 0 aliphatic rings. The first-order chi connectivity index (χ1) is 10.5. The molecule has 0 unspecified atom stereocenters. The maximum atomic E-state index is 12.1. The molecule has 8 nitrogen and oxygen atoms in total. The van der Waals surface area contributed by atoms with E-state index < -0.39 is 24.0 Å². The Morgan fingerprint density at radius 1 is 1.27 bits per heavy atom. The van der Waals surface area contributed by atoms with Crippen molar-refractivity contribution in [3.05, 3.63) is 35.2 Å². The normalized spacial score (nSPS) is 13.2. The molecule has 116 valence electrons. The highest BCUT2D eigenvalue weighted by atomic mass is 32.1. The van der Waals surface area contributed by atoms with E-state index in [9.17, 15) is 14.7 Å². The lowest BCUT2D eigenvalue weighted by Gasteiger charge is -2.19. The van der Waals surface area contributed by atoms with Crippen molar-refractivity contribution in [3.63, 3.8) is 0 Å². The Hall–Kier alpha value is -2.36. The van der Waals surface area contributed by atoms with Crippen LogP contribution in [0.4, 0.5) is 0 Å². The van der Waals surface area contributed by atoms with Crippen LogP contribution in [0.15, 0.2) is 29.6 Å². The Balaban J connectivity index is 2.11. The van der Waals surface area contributed by atoms with Crippen LogP contribution in [0.1, 0.15) is 17.3 Å². The van der Waals surface area contributed by atoms with E-state index >= 15 is 0 Å². The molecule has 1 aromatic carbocycles. The molecular formula is C13H14N4O4S. The van der Waals surface area contributed by atoms with Crippen LogP contribution >= 0.6 is 11.5 Å². The van der Waals surface area contributed by atoms with Gasteiger partial charge in [-0.3, -0.25) is 14.8 Å². The molecular weight excluding hydrogens is 308 g/mol. The zero-order chi connectivity index (χ0) is 16.1. The smallest absolute Gasteiger partial charge is 0.268 e. The molecule has 0 saturated carbocycles. The third-order valence-corrected chi connectivity index (χ3v) is 3.47. The van der Waals surface area contributed by atoms with Gasteiger partial charge < -0.3 is 10.4 Å². The third kappa shape index (κ3) is 3.64. The van der Waals surface area contributed by atoms with Crippen molar-refractivity contribution in [2.45, 2.75) is 19.1 Å². The lowest BCUT2D eigenvalue weighted by atomic mass is 10.1. The molecule has 0 bridgehead atoms. The van der Waals surface area contributed by atoms with Gasteiger partial charge in [-0.1, -0.05) is 16.6 Å². The Morgan fingerprint density at radius 3 is 2.45 bits per heavy atom. The number of nitrogens with zero attached hydrogens (tertiary/aromatic N) is 2. The number of aliphatic hydroxyl groups is 1. The van der Waals surface area contributed by atoms with Gasteiger partial charge in [0, 0.05) is 16.5 Å². The SMILES string of the molecule is C[C@@H](O)[C@H](NC(=O)c1ccc(-c2csnn2)cc1)C(=O)NO. The number of hydrogen-bond donors (Lipinski definition) is 4. The molecule has 2 aromatic rings. The van der Waals surface area contributed by atoms with Crippen molar-refractivity contribution in [1.82, 2.24) is 20.4 Å². The Kier molecular flexibility index (Phi) is 5.15. The van der Waals surface area contributed by atoms with Gasteiger partial charge in [0.2, 0.25) is 0 Å². The van der Waals surface area contributed by atoms with E-state index in [0.29, 0.717) is 11.3 Å². The summed E-state index contributed by atoms with van der Waals surface area (Å²) >= 11 is 1.23. The molecule has 2 atom stereocenters. The maximum absolute atomic E-state index is 12.1. The molecule has 1 heterocycles. The zero-order valence-electron chi connectivity index (χ0n) is 11.6. The molecule has 0 saturated heterocycles. The minimum absolute atomic E-state index is 0.309. The lowest BCUT2D eigenvalue weighted by Crippen LogP contribution is -2.51. The first kappa shape index (κ1) is 16.0. The van der Waals surface area contributed by atoms with Crippen LogP contribution in [0.5, 0.6) is 0 Å². The predicted octanol–water partition coefficient (Wildman–Crippen LogP) is 0.190. The fourth-order valence-electron chi connectivity index (χ4n) is 1.78. The number of amides is 2. The number of benzene rings is 1. The van der Waals surface area contributed by atoms with Crippen molar-refractivity contribution in [1.29, 1.82) is 0 Å². The molecule has 0 radical (unpaired) electrons. The number of hydroxylamine groups is 1. The minimum Gasteiger partial charge on any atom is -0.391 e. The summed E-state index contributed by atoms with van der Waals surface area (Å²) in [5.74, 6) is -1.44. The van der Waals surface area contributed by atoms with Gasteiger partial charge in [-0.15, -0.1) is 5.10 Å². The predicted molar refractivity (Wildman–Crippen MR) is 78.2 cm³/mol. The molecule has 9 heteroatoms. The monoisotopic (exact) mass is 322 g/mol. The summed E-state index contributed by atoms with van der Waals surface area (Å²) < 4.78 is 3.76. The molecule has 0 aliphatic heterocycles. The van der Waals surface area contributed by atoms with E-state index in [2.05, 4.69) is 14.9 Å². The molecule has 4 N–H and O–H groups in total. The second-order valence-corrected chi connectivity index (χ2v) is 5.15. The molecule has 1 aromatic heterocycles. The van der Waals surface area contributed by atoms with Gasteiger partial charge in [0.1, 0.15) is 11.7 Å². The molecule has 2 amide bonds. The Morgan fingerprint density at radius 2 is 1.95 bits per heavy atom. The van der Waals surface area contributed by atoms with Crippen LogP contribution in [-0.4, -0.2) is 43.9 Å². The van der Waals surface area contributed by atoms with Crippen molar-refractivity contribution >= 4 is 23.3 Å². The number of carbonyl (C=O) groups is 2. The van der Waals surface area contributed by atoms with Crippen molar-refractivity contribution < 1.29 is 19.9 Å². The standard InChI is InChI=1S/C13H14N4O4S/c1-7(18)11(13(20)16-21)14-12(19)9-4-2-8(3-5-9)10-6-22-17-15-10/h2-7,11,18,21H,1H3,(H,14,19)(H,16,20)/t7-,11+/m1/s1. The zero-order valence-corrected chi connectivity index (χ0v) is 12.4. The Bertz CT molecular complexity index is 643. The molecule has 0 spiro atoms. The van der Waals surface area contributed by atoms with Crippen LogP contribution in [0.25, 0.3) is 11.3 Å². The summed E-state index contributed by atoms with van der Waals surface area (Å²) in [5.41, 5.74) is 3.23. The van der Waals surface area contributed by atoms with Crippen LogP contribution < -0.4 is 10.8 Å². The summed E-state index contributed by atoms with van der Waals surface area (Å²) in [7, 11) is 0. The average Bonchev–Trinajstić information content (AvgIpc) is 3.06. The average molecular weight is 322 g/mol. The summed E-state index contributed by atoms with van der Waals surface area (Å²) in [4.78, 5) is 23.4. The first-order valence-electron chi connectivity index (χ1n) is 6.33. The third-order valence-electron chi connectivity index (χ3n) is 2.96. The van der Waals surface area contributed by atoms with Crippen LogP contribution in [0.2, 0.25) is 0 Å². The number of rotatable bonds is 5. The van der Waals surface area contributed by atoms with E-state index in [0.717, 1.165) is 5.56 Å². The van der Waals surface area contributed by atoms with Crippen LogP contribution in [0.3, 0.4) is 0 Å². The lowest BCUT2D eigenvalue weighted by molar-refractivity contribution is -0.133. The summed E-state index contributed by atoms with van der Waals surface area (Å²) in [6.45, 7) is 1.33. The van der Waals surface area contributed by atoms with E-state index in [-0.39, 0.29) is 0 Å². The minimum atomic E-state index is -1.25. The summed E-state index contributed by atoms with van der Waals surface area (Å²) in [5, 5.41) is 26.1. The van der Waals surface area contributed by atoms with E-state index in [4.69, 9.17) is 5.21 Å². The second-order valence-electron chi connectivity index (χ2n) is 4.54. The Labute approximate surface area is 129 Å². The quantitative estimate of drug-likeness (QED) is 0.460. The van der Waals surface area contributed by atoms with Gasteiger partial charge in [-0.05, 0) is 30.6 Å². The van der Waals surface area contributed by atoms with E-state index in [1.165, 1.54) is 23.9 Å². The highest BCUT2D eigenvalue weighted by Gasteiger charge is 2.25. The van der Waals surface area contributed by atoms with Crippen molar-refractivity contribution in [2.24, 2.45) is 0 Å². The van der Waals surface area contributed by atoms with Gasteiger partial charge >= 0.3 is 0 Å². The van der Waals surface area contributed by atoms with Crippen LogP contribution in [-0.2, 0) is 4.79 Å². The van der Waals surface area contributed by atoms with Gasteiger partial charge in [-0.2, -0.15) is 0 Å². The van der Waals surface area contributed by atoms with Gasteiger partial charge in [0.05, 0.1) is 6.10 Å². The maximum Gasteiger partial charge on any atom is 0.268 e. The highest BCUT2D eigenvalue weighted by molar-refractivity contribution is 7.03. The second kappa shape index (κ2) is 7.07. The van der Waals surface area contributed by atoms with E-state index in [1.807, 2.05) is 0 Å². The molecule has 2 rings (SSSR count). The van der Waals surface area contributed by atoms with Gasteiger partial charge in [0.15, 0.2) is 0 Å². The number of nitrogens with one attached hydrogen (secondary N) is 2. The van der Waals surface area contributed by atoms with Gasteiger partial charge in [-0.25, -0.2) is 5.48 Å². The number of aliphatic hydroxyl groups excluding tert-OH is 1. The summed E-state index contributed by atoms with van der Waals surface area (Å²) in [6, 6.07) is 5.30. The van der Waals surface area contributed by atoms with E-state index in [1.54, 1.807) is 29.6 Å². The number of hydrogen-bond acceptors (Lipinski definition) is 7.